The zero-order valence-electron chi connectivity index (χ0n) is 11.7. The Morgan fingerprint density at radius 1 is 1.35 bits per heavy atom. The second-order valence-electron chi connectivity index (χ2n) is 5.68. The lowest BCUT2D eigenvalue weighted by molar-refractivity contribution is 0.248. The molecule has 0 spiro atoms. The van der Waals surface area contributed by atoms with Gasteiger partial charge in [-0.15, -0.1) is 0 Å². The average molecular weight is 325 g/mol. The van der Waals surface area contributed by atoms with Gasteiger partial charge in [-0.1, -0.05) is 0 Å². The van der Waals surface area contributed by atoms with Gasteiger partial charge in [0, 0.05) is 26.2 Å². The van der Waals surface area contributed by atoms with Crippen LogP contribution < -0.4 is 5.73 Å². The second kappa shape index (κ2) is 5.88. The van der Waals surface area contributed by atoms with Gasteiger partial charge in [0.05, 0.1) is 11.5 Å². The summed E-state index contributed by atoms with van der Waals surface area (Å²) in [6, 6.07) is -0.441. The molecule has 2 aliphatic heterocycles. The van der Waals surface area contributed by atoms with Crippen LogP contribution in [0.4, 0.5) is 0 Å². The first-order chi connectivity index (χ1) is 9.26. The molecule has 20 heavy (non-hydrogen) atoms. The molecule has 0 saturated carbocycles. The first-order valence-corrected chi connectivity index (χ1v) is 10.1. The average Bonchev–Trinajstić information content (AvgIpc) is 2.78. The van der Waals surface area contributed by atoms with Crippen molar-refractivity contribution in [3.8, 4) is 0 Å². The monoisotopic (exact) mass is 325 g/mol. The lowest BCUT2D eigenvalue weighted by Gasteiger charge is -2.35. The molecule has 118 valence electrons. The lowest BCUT2D eigenvalue weighted by Crippen LogP contribution is -2.50. The zero-order chi connectivity index (χ0) is 15.0. The van der Waals surface area contributed by atoms with E-state index in [0.29, 0.717) is 26.1 Å². The second-order valence-corrected chi connectivity index (χ2v) is 9.90. The molecule has 2 saturated heterocycles. The Labute approximate surface area is 121 Å². The van der Waals surface area contributed by atoms with Crippen LogP contribution >= 0.6 is 0 Å². The Morgan fingerprint density at radius 2 is 2.05 bits per heavy atom. The van der Waals surface area contributed by atoms with Gasteiger partial charge in [0.2, 0.25) is 0 Å². The largest absolute Gasteiger partial charge is 0.330 e. The molecule has 7 nitrogen and oxygen atoms in total. The molecule has 0 bridgehead atoms. The van der Waals surface area contributed by atoms with Crippen LogP contribution in [0.3, 0.4) is 0 Å². The van der Waals surface area contributed by atoms with E-state index in [1.54, 1.807) is 0 Å². The Hall–Kier alpha value is -0.220. The summed E-state index contributed by atoms with van der Waals surface area (Å²) in [5.41, 5.74) is 5.63. The maximum Gasteiger partial charge on any atom is 0.282 e. The van der Waals surface area contributed by atoms with Crippen LogP contribution in [0.15, 0.2) is 0 Å². The Balaban J connectivity index is 2.09. The molecule has 0 aromatic carbocycles. The number of nitrogens with zero attached hydrogens (tertiary/aromatic N) is 2. The van der Waals surface area contributed by atoms with E-state index < -0.39 is 26.1 Å². The molecule has 0 aromatic rings. The van der Waals surface area contributed by atoms with E-state index >= 15 is 0 Å². The van der Waals surface area contributed by atoms with Crippen molar-refractivity contribution in [3.63, 3.8) is 0 Å². The molecule has 9 heteroatoms. The summed E-state index contributed by atoms with van der Waals surface area (Å²) in [5.74, 6) is 0.194. The fourth-order valence-corrected chi connectivity index (χ4v) is 6.41. The van der Waals surface area contributed by atoms with Crippen molar-refractivity contribution in [2.75, 3.05) is 38.2 Å². The maximum absolute atomic E-state index is 12.6. The molecule has 2 unspecified atom stereocenters. The standard InChI is InChI=1S/C11H23N3O4S2/c1-13(11-4-6-19(15,16)9-11)20(17,18)14-5-2-3-10(7-12)8-14/h10-11H,2-9,12H2,1H3. The summed E-state index contributed by atoms with van der Waals surface area (Å²) in [6.45, 7) is 1.40. The molecular weight excluding hydrogens is 302 g/mol. The van der Waals surface area contributed by atoms with Gasteiger partial charge in [0.15, 0.2) is 9.84 Å². The van der Waals surface area contributed by atoms with Crippen molar-refractivity contribution in [2.45, 2.75) is 25.3 Å². The van der Waals surface area contributed by atoms with E-state index in [0.717, 1.165) is 12.8 Å². The van der Waals surface area contributed by atoms with Crippen LogP contribution in [0.5, 0.6) is 0 Å². The smallest absolute Gasteiger partial charge is 0.282 e. The van der Waals surface area contributed by atoms with Crippen LogP contribution in [-0.2, 0) is 20.0 Å². The van der Waals surface area contributed by atoms with E-state index in [-0.39, 0.29) is 17.4 Å². The minimum absolute atomic E-state index is 0.0724. The highest BCUT2D eigenvalue weighted by molar-refractivity contribution is 7.91. The highest BCUT2D eigenvalue weighted by Crippen LogP contribution is 2.24. The number of piperidine rings is 1. The van der Waals surface area contributed by atoms with Crippen LogP contribution in [-0.4, -0.2) is 69.7 Å². The molecule has 2 atom stereocenters. The number of hydrogen-bond donors (Lipinski definition) is 1. The third-order valence-electron chi connectivity index (χ3n) is 4.23. The summed E-state index contributed by atoms with van der Waals surface area (Å²) >= 11 is 0. The SMILES string of the molecule is CN(C1CCS(=O)(=O)C1)S(=O)(=O)N1CCCC(CN)C1. The molecule has 2 rings (SSSR count). The highest BCUT2D eigenvalue weighted by atomic mass is 32.2. The fourth-order valence-electron chi connectivity index (χ4n) is 2.86. The van der Waals surface area contributed by atoms with Gasteiger partial charge in [-0.3, -0.25) is 0 Å². The normalized spacial score (nSPS) is 31.8. The molecule has 2 N–H and O–H groups in total. The summed E-state index contributed by atoms with van der Waals surface area (Å²) < 4.78 is 50.8. The van der Waals surface area contributed by atoms with Gasteiger partial charge < -0.3 is 5.73 Å². The molecular formula is C11H23N3O4S2. The first kappa shape index (κ1) is 16.2. The Morgan fingerprint density at radius 3 is 2.60 bits per heavy atom. The summed E-state index contributed by atoms with van der Waals surface area (Å²) in [5, 5.41) is 0. The predicted octanol–water partition coefficient (Wildman–Crippen LogP) is -0.979. The quantitative estimate of drug-likeness (QED) is 0.716. The Bertz CT molecular complexity index is 546. The van der Waals surface area contributed by atoms with Crippen LogP contribution in [0.25, 0.3) is 0 Å². The van der Waals surface area contributed by atoms with Crippen molar-refractivity contribution in [3.05, 3.63) is 0 Å². The van der Waals surface area contributed by atoms with Gasteiger partial charge in [0.1, 0.15) is 0 Å². The van der Waals surface area contributed by atoms with E-state index in [9.17, 15) is 16.8 Å². The zero-order valence-corrected chi connectivity index (χ0v) is 13.4. The summed E-state index contributed by atoms with van der Waals surface area (Å²) in [6.07, 6.45) is 2.13. The lowest BCUT2D eigenvalue weighted by atomic mass is 10.0. The topological polar surface area (TPSA) is 101 Å². The summed E-state index contributed by atoms with van der Waals surface area (Å²) in [7, 11) is -5.20. The predicted molar refractivity (Wildman–Crippen MR) is 77.1 cm³/mol. The molecule has 2 fully saturated rings. The van der Waals surface area contributed by atoms with E-state index in [4.69, 9.17) is 5.73 Å². The molecule has 0 aromatic heterocycles. The fraction of sp³-hybridized carbons (Fsp3) is 1.00. The van der Waals surface area contributed by atoms with Crippen LogP contribution in [0.2, 0.25) is 0 Å². The van der Waals surface area contributed by atoms with Crippen LogP contribution in [0.1, 0.15) is 19.3 Å². The van der Waals surface area contributed by atoms with Gasteiger partial charge in [-0.25, -0.2) is 8.42 Å². The highest BCUT2D eigenvalue weighted by Gasteiger charge is 2.39. The van der Waals surface area contributed by atoms with Crippen molar-refractivity contribution in [1.29, 1.82) is 0 Å². The molecule has 2 heterocycles. The number of hydrogen-bond acceptors (Lipinski definition) is 5. The van der Waals surface area contributed by atoms with Gasteiger partial charge in [-0.2, -0.15) is 17.0 Å². The van der Waals surface area contributed by atoms with Crippen LogP contribution in [0, 0.1) is 5.92 Å². The first-order valence-electron chi connectivity index (χ1n) is 6.90. The number of nitrogens with two attached hydrogens (primary N) is 1. The molecule has 0 amide bonds. The minimum atomic E-state index is -3.59. The van der Waals surface area contributed by atoms with Crippen molar-refractivity contribution >= 4 is 20.0 Å². The van der Waals surface area contributed by atoms with E-state index in [2.05, 4.69) is 0 Å². The summed E-state index contributed by atoms with van der Waals surface area (Å²) in [4.78, 5) is 0. The minimum Gasteiger partial charge on any atom is -0.330 e. The van der Waals surface area contributed by atoms with Gasteiger partial charge >= 0.3 is 0 Å². The number of sulfone groups is 1. The van der Waals surface area contributed by atoms with E-state index in [1.165, 1.54) is 15.7 Å². The maximum atomic E-state index is 12.6. The molecule has 0 aliphatic carbocycles. The number of rotatable bonds is 4. The third-order valence-corrected chi connectivity index (χ3v) is 7.99. The van der Waals surface area contributed by atoms with E-state index in [1.807, 2.05) is 0 Å². The molecule has 0 radical (unpaired) electrons. The Kier molecular flexibility index (Phi) is 4.75. The third kappa shape index (κ3) is 3.33. The van der Waals surface area contributed by atoms with Crippen molar-refractivity contribution < 1.29 is 16.8 Å². The van der Waals surface area contributed by atoms with Gasteiger partial charge in [-0.05, 0) is 31.7 Å². The molecule has 2 aliphatic rings. The van der Waals surface area contributed by atoms with Crippen molar-refractivity contribution in [1.82, 2.24) is 8.61 Å². The van der Waals surface area contributed by atoms with Gasteiger partial charge in [0.25, 0.3) is 10.2 Å². The van der Waals surface area contributed by atoms with Crippen molar-refractivity contribution in [2.24, 2.45) is 11.7 Å².